The van der Waals surface area contributed by atoms with E-state index in [0.717, 1.165) is 16.9 Å². The van der Waals surface area contributed by atoms with Crippen LogP contribution in [0.4, 0.5) is 0 Å². The molecule has 0 unspecified atom stereocenters. The van der Waals surface area contributed by atoms with E-state index in [1.54, 1.807) is 0 Å². The summed E-state index contributed by atoms with van der Waals surface area (Å²) in [6.45, 7) is 2.09. The predicted octanol–water partition coefficient (Wildman–Crippen LogP) is 2.90. The molecular weight excluding hydrogens is 373 g/mol. The number of hydrogen-bond donors (Lipinski definition) is 0. The third-order valence-electron chi connectivity index (χ3n) is 3.92. The Kier molecular flexibility index (Phi) is 4.47. The Bertz CT molecular complexity index is 975. The molecule has 4 rings (SSSR count). The van der Waals surface area contributed by atoms with Crippen LogP contribution in [0.1, 0.15) is 5.56 Å². The van der Waals surface area contributed by atoms with E-state index >= 15 is 0 Å². The van der Waals surface area contributed by atoms with Crippen LogP contribution in [0.15, 0.2) is 85.1 Å². The molecule has 0 atom stereocenters. The second-order valence-corrected chi connectivity index (χ2v) is 8.14. The van der Waals surface area contributed by atoms with Gasteiger partial charge in [-0.3, -0.25) is 0 Å². The van der Waals surface area contributed by atoms with Gasteiger partial charge in [-0.1, -0.05) is 0 Å². The van der Waals surface area contributed by atoms with Crippen molar-refractivity contribution < 1.29 is 0 Å². The first kappa shape index (κ1) is 15.8. The van der Waals surface area contributed by atoms with Crippen LogP contribution in [0, 0.1) is 6.92 Å². The Hall–Kier alpha value is -2.68. The van der Waals surface area contributed by atoms with Crippen molar-refractivity contribution in [1.29, 1.82) is 0 Å². The second-order valence-electron chi connectivity index (χ2n) is 5.80. The predicted molar refractivity (Wildman–Crippen MR) is 103 cm³/mol. The number of nitrogens with zero attached hydrogens (tertiary/aromatic N) is 3. The summed E-state index contributed by atoms with van der Waals surface area (Å²) in [4.78, 5) is 0. The normalized spacial score (nSPS) is 10.8. The van der Waals surface area contributed by atoms with Crippen molar-refractivity contribution >= 4 is 23.9 Å². The van der Waals surface area contributed by atoms with Crippen LogP contribution in [0.3, 0.4) is 0 Å². The molecule has 1 aromatic heterocycles. The maximum atomic E-state index is 4.36. The molecule has 122 valence electrons. The Morgan fingerprint density at radius 1 is 0.800 bits per heavy atom. The third-order valence-corrected chi connectivity index (χ3v) is 6.18. The fourth-order valence-electron chi connectivity index (χ4n) is 2.59. The molecule has 0 saturated heterocycles. The number of rotatable bonds is 4. The van der Waals surface area contributed by atoms with E-state index in [1.165, 1.54) is 14.5 Å². The topological polar surface area (TPSA) is 30.7 Å². The molecule has 4 aromatic rings. The number of hydrogen-bond acceptors (Lipinski definition) is 2. The summed E-state index contributed by atoms with van der Waals surface area (Å²) in [5, 5.41) is 8.72. The molecule has 3 nitrogen and oxygen atoms in total. The fourth-order valence-corrected chi connectivity index (χ4v) is 4.60. The van der Waals surface area contributed by atoms with Crippen molar-refractivity contribution in [3.05, 3.63) is 90.6 Å². The number of aromatic nitrogens is 3. The maximum absolute atomic E-state index is 4.36. The van der Waals surface area contributed by atoms with E-state index in [4.69, 9.17) is 0 Å². The molecule has 1 heterocycles. The first-order valence-corrected chi connectivity index (χ1v) is 9.82. The fraction of sp³-hybridized carbons (Fsp3) is 0.0476. The van der Waals surface area contributed by atoms with E-state index in [2.05, 4.69) is 90.0 Å². The van der Waals surface area contributed by atoms with Crippen molar-refractivity contribution in [1.82, 2.24) is 15.0 Å². The average molecular weight is 390 g/mol. The van der Waals surface area contributed by atoms with E-state index in [1.807, 2.05) is 16.9 Å². The Morgan fingerprint density at radius 2 is 1.52 bits per heavy atom. The summed E-state index contributed by atoms with van der Waals surface area (Å²) in [5.74, 6) is 0. The number of aryl methyl sites for hydroxylation is 1. The zero-order valence-corrected chi connectivity index (χ0v) is 15.5. The van der Waals surface area contributed by atoms with Gasteiger partial charge in [0.05, 0.1) is 0 Å². The molecule has 0 fully saturated rings. The van der Waals surface area contributed by atoms with E-state index in [0.29, 0.717) is 0 Å². The van der Waals surface area contributed by atoms with Crippen LogP contribution < -0.4 is 8.92 Å². The molecule has 0 amide bonds. The van der Waals surface area contributed by atoms with Gasteiger partial charge in [-0.25, -0.2) is 0 Å². The van der Waals surface area contributed by atoms with E-state index < -0.39 is 0 Å². The van der Waals surface area contributed by atoms with Crippen LogP contribution in [0.2, 0.25) is 0 Å². The van der Waals surface area contributed by atoms with Gasteiger partial charge in [0.15, 0.2) is 0 Å². The Morgan fingerprint density at radius 3 is 2.32 bits per heavy atom. The standard InChI is InChI=1S/C21H17N3Se/c1-16-11-13-17(14-12-16)19-15-24(23-22-19)20-9-5-6-10-21(20)25-18-7-3-2-4-8-18/h2-15H,1H3. The molecule has 0 radical (unpaired) electrons. The molecular formula is C21H17N3Se. The quantitative estimate of drug-likeness (QED) is 0.502. The van der Waals surface area contributed by atoms with Gasteiger partial charge in [-0.05, 0) is 0 Å². The van der Waals surface area contributed by atoms with Gasteiger partial charge in [0, 0.05) is 0 Å². The first-order chi connectivity index (χ1) is 12.3. The van der Waals surface area contributed by atoms with Crippen LogP contribution in [-0.2, 0) is 0 Å². The minimum absolute atomic E-state index is 0.230. The Balaban J connectivity index is 1.68. The SMILES string of the molecule is Cc1ccc(-c2cn(-c3ccccc3[Se]c3ccccc3)nn2)cc1. The molecule has 0 spiro atoms. The first-order valence-electron chi connectivity index (χ1n) is 8.11. The molecule has 0 aliphatic carbocycles. The monoisotopic (exact) mass is 391 g/mol. The summed E-state index contributed by atoms with van der Waals surface area (Å²) in [5.41, 5.74) is 4.31. The van der Waals surface area contributed by atoms with Gasteiger partial charge >= 0.3 is 153 Å². The van der Waals surface area contributed by atoms with Crippen molar-refractivity contribution in [2.24, 2.45) is 0 Å². The summed E-state index contributed by atoms with van der Waals surface area (Å²) in [6, 6.07) is 27.4. The van der Waals surface area contributed by atoms with Gasteiger partial charge in [0.2, 0.25) is 0 Å². The van der Waals surface area contributed by atoms with Crippen molar-refractivity contribution in [3.63, 3.8) is 0 Å². The molecule has 25 heavy (non-hydrogen) atoms. The molecule has 0 bridgehead atoms. The average Bonchev–Trinajstić information content (AvgIpc) is 3.14. The van der Waals surface area contributed by atoms with Crippen LogP contribution in [0.5, 0.6) is 0 Å². The summed E-state index contributed by atoms with van der Waals surface area (Å²) >= 11 is 0.230. The molecule has 4 heteroatoms. The molecule has 0 aliphatic heterocycles. The summed E-state index contributed by atoms with van der Waals surface area (Å²) < 4.78 is 4.53. The van der Waals surface area contributed by atoms with E-state index in [-0.39, 0.29) is 15.0 Å². The van der Waals surface area contributed by atoms with Crippen molar-refractivity contribution in [2.45, 2.75) is 6.92 Å². The van der Waals surface area contributed by atoms with Gasteiger partial charge < -0.3 is 0 Å². The zero-order chi connectivity index (χ0) is 17.1. The molecule has 0 aliphatic rings. The van der Waals surface area contributed by atoms with E-state index in [9.17, 15) is 0 Å². The van der Waals surface area contributed by atoms with Gasteiger partial charge in [-0.2, -0.15) is 0 Å². The van der Waals surface area contributed by atoms with Crippen molar-refractivity contribution in [2.75, 3.05) is 0 Å². The number of para-hydroxylation sites is 1. The molecule has 0 N–H and O–H groups in total. The van der Waals surface area contributed by atoms with Gasteiger partial charge in [0.25, 0.3) is 0 Å². The third kappa shape index (κ3) is 3.55. The minimum atomic E-state index is 0.230. The zero-order valence-electron chi connectivity index (χ0n) is 13.8. The Labute approximate surface area is 153 Å². The van der Waals surface area contributed by atoms with Crippen LogP contribution >= 0.6 is 0 Å². The van der Waals surface area contributed by atoms with Crippen molar-refractivity contribution in [3.8, 4) is 16.9 Å². The molecule has 3 aromatic carbocycles. The summed E-state index contributed by atoms with van der Waals surface area (Å²) in [6.07, 6.45) is 2.00. The van der Waals surface area contributed by atoms with Crippen LogP contribution in [-0.4, -0.2) is 30.0 Å². The second kappa shape index (κ2) is 7.06. The van der Waals surface area contributed by atoms with Gasteiger partial charge in [-0.15, -0.1) is 0 Å². The number of benzene rings is 3. The molecule has 0 saturated carbocycles. The van der Waals surface area contributed by atoms with Crippen LogP contribution in [0.25, 0.3) is 16.9 Å². The van der Waals surface area contributed by atoms with Gasteiger partial charge in [0.1, 0.15) is 0 Å². The summed E-state index contributed by atoms with van der Waals surface area (Å²) in [7, 11) is 0.